The average Bonchev–Trinajstić information content (AvgIpc) is 3.28. The number of hydrogen-bond donors (Lipinski definition) is 1. The summed E-state index contributed by atoms with van der Waals surface area (Å²) in [5.41, 5.74) is 0.799. The summed E-state index contributed by atoms with van der Waals surface area (Å²) in [6.07, 6.45) is 6.66. The number of likely N-dealkylation sites (tertiary alicyclic amines) is 2. The number of nitrogens with zero attached hydrogens (tertiary/aromatic N) is 4. The number of carbonyl (C=O) groups is 2. The van der Waals surface area contributed by atoms with E-state index in [1.165, 1.54) is 12.3 Å². The quantitative estimate of drug-likeness (QED) is 0.413. The highest BCUT2D eigenvalue weighted by molar-refractivity contribution is 9.10. The van der Waals surface area contributed by atoms with Crippen molar-refractivity contribution in [3.63, 3.8) is 0 Å². The number of benzene rings is 1. The first-order chi connectivity index (χ1) is 15.8. The number of piperidine rings is 1. The van der Waals surface area contributed by atoms with Crippen molar-refractivity contribution in [3.8, 4) is 0 Å². The normalized spacial score (nSPS) is 18.3. The Hall–Kier alpha value is -2.53. The van der Waals surface area contributed by atoms with E-state index in [0.717, 1.165) is 19.3 Å². The number of amides is 2. The first kappa shape index (κ1) is 23.6. The Morgan fingerprint density at radius 2 is 1.76 bits per heavy atom. The van der Waals surface area contributed by atoms with Gasteiger partial charge in [0.15, 0.2) is 0 Å². The fraction of sp³-hybridized carbons (Fsp3) is 0.409. The van der Waals surface area contributed by atoms with Gasteiger partial charge in [-0.3, -0.25) is 24.7 Å². The van der Waals surface area contributed by atoms with Crippen LogP contribution in [-0.2, 0) is 0 Å². The zero-order valence-electron chi connectivity index (χ0n) is 17.8. The fourth-order valence-electron chi connectivity index (χ4n) is 4.30. The number of nitro groups is 1. The van der Waals surface area contributed by atoms with Crippen molar-refractivity contribution in [2.75, 3.05) is 31.5 Å². The molecule has 2 aromatic rings. The molecule has 0 aliphatic carbocycles. The smallest absolute Gasteiger partial charge is 0.294 e. The first-order valence-corrected chi connectivity index (χ1v) is 12.4. The van der Waals surface area contributed by atoms with Gasteiger partial charge in [0, 0.05) is 59.6 Å². The van der Waals surface area contributed by atoms with E-state index in [4.69, 9.17) is 0 Å². The maximum atomic E-state index is 13.3. The van der Waals surface area contributed by atoms with Gasteiger partial charge in [-0.1, -0.05) is 15.9 Å². The highest BCUT2D eigenvalue weighted by Gasteiger charge is 2.32. The zero-order chi connectivity index (χ0) is 23.5. The van der Waals surface area contributed by atoms with E-state index < -0.39 is 4.92 Å². The largest absolute Gasteiger partial charge is 0.374 e. The lowest BCUT2D eigenvalue weighted by Gasteiger charge is -2.28. The molecule has 0 unspecified atom stereocenters. The van der Waals surface area contributed by atoms with Crippen LogP contribution in [0.15, 0.2) is 39.5 Å². The molecule has 33 heavy (non-hydrogen) atoms. The van der Waals surface area contributed by atoms with Gasteiger partial charge in [0.1, 0.15) is 5.69 Å². The lowest BCUT2D eigenvalue weighted by molar-refractivity contribution is -0.384. The Bertz CT molecular complexity index is 1090. The minimum atomic E-state index is -0.481. The van der Waals surface area contributed by atoms with Crippen molar-refractivity contribution in [1.29, 1.82) is 0 Å². The molecule has 1 aromatic heterocycles. The van der Waals surface area contributed by atoms with E-state index in [1.807, 2.05) is 0 Å². The van der Waals surface area contributed by atoms with Crippen LogP contribution in [0.2, 0.25) is 0 Å². The van der Waals surface area contributed by atoms with Gasteiger partial charge in [-0.15, -0.1) is 0 Å². The molecule has 0 bridgehead atoms. The predicted octanol–water partition coefficient (Wildman–Crippen LogP) is 4.47. The molecule has 4 rings (SSSR count). The van der Waals surface area contributed by atoms with Crippen molar-refractivity contribution in [2.24, 2.45) is 0 Å². The zero-order valence-corrected chi connectivity index (χ0v) is 21.0. The molecule has 0 radical (unpaired) electrons. The van der Waals surface area contributed by atoms with Crippen molar-refractivity contribution >= 4 is 55.0 Å². The summed E-state index contributed by atoms with van der Waals surface area (Å²) in [5.74, 6) is -0.365. The van der Waals surface area contributed by atoms with Crippen molar-refractivity contribution < 1.29 is 14.5 Å². The highest BCUT2D eigenvalue weighted by Crippen LogP contribution is 2.35. The molecule has 3 heterocycles. The van der Waals surface area contributed by atoms with E-state index in [1.54, 1.807) is 28.1 Å². The number of rotatable bonds is 5. The van der Waals surface area contributed by atoms with Gasteiger partial charge >= 0.3 is 0 Å². The third-order valence-electron chi connectivity index (χ3n) is 5.93. The number of nitro benzene ring substituents is 1. The summed E-state index contributed by atoms with van der Waals surface area (Å²) < 4.78 is 1.19. The van der Waals surface area contributed by atoms with Gasteiger partial charge in [0.25, 0.3) is 17.5 Å². The van der Waals surface area contributed by atoms with Crippen LogP contribution >= 0.6 is 31.9 Å². The third kappa shape index (κ3) is 5.35. The molecule has 1 aromatic carbocycles. The number of nitrogens with one attached hydrogen (secondary N) is 1. The summed E-state index contributed by atoms with van der Waals surface area (Å²) in [6.45, 7) is 2.16. The summed E-state index contributed by atoms with van der Waals surface area (Å²) in [4.78, 5) is 45.0. The van der Waals surface area contributed by atoms with Gasteiger partial charge in [-0.25, -0.2) is 0 Å². The Kier molecular flexibility index (Phi) is 7.28. The van der Waals surface area contributed by atoms with Crippen molar-refractivity contribution in [2.45, 2.75) is 31.7 Å². The Morgan fingerprint density at radius 1 is 1.00 bits per heavy atom. The topological polar surface area (TPSA) is 109 Å². The lowest BCUT2D eigenvalue weighted by Crippen LogP contribution is -2.36. The van der Waals surface area contributed by atoms with Gasteiger partial charge in [-0.2, -0.15) is 0 Å². The maximum Gasteiger partial charge on any atom is 0.294 e. The maximum absolute atomic E-state index is 13.3. The lowest BCUT2D eigenvalue weighted by atomic mass is 10.1. The van der Waals surface area contributed by atoms with Crippen LogP contribution in [-0.4, -0.2) is 63.7 Å². The van der Waals surface area contributed by atoms with E-state index in [2.05, 4.69) is 42.2 Å². The summed E-state index contributed by atoms with van der Waals surface area (Å²) in [7, 11) is 0. The van der Waals surface area contributed by atoms with E-state index >= 15 is 0 Å². The van der Waals surface area contributed by atoms with Crippen LogP contribution in [0.4, 0.5) is 11.4 Å². The predicted molar refractivity (Wildman–Crippen MR) is 130 cm³/mol. The number of pyridine rings is 1. The summed E-state index contributed by atoms with van der Waals surface area (Å²) in [5, 5.41) is 15.1. The standard InChI is InChI=1S/C22H23Br2N5O4/c23-15-9-18(22(31)27-5-2-1-3-6-27)20(19(10-15)29(32)33)26-17-4-7-28(13-17)21(30)14-8-16(24)12-25-11-14/h8-12,17,26H,1-7,13H2/t17-/m1/s1. The number of aromatic nitrogens is 1. The van der Waals surface area contributed by atoms with Crippen LogP contribution in [0.25, 0.3) is 0 Å². The molecule has 1 N–H and O–H groups in total. The minimum absolute atomic E-state index is 0.150. The molecule has 2 aliphatic rings. The molecule has 2 amide bonds. The first-order valence-electron chi connectivity index (χ1n) is 10.8. The van der Waals surface area contributed by atoms with Gasteiger partial charge in [0.2, 0.25) is 0 Å². The molecule has 174 valence electrons. The number of anilines is 1. The van der Waals surface area contributed by atoms with Gasteiger partial charge in [-0.05, 0) is 53.7 Å². The monoisotopic (exact) mass is 579 g/mol. The minimum Gasteiger partial charge on any atom is -0.374 e. The Labute approximate surface area is 207 Å². The molecule has 9 nitrogen and oxygen atoms in total. The SMILES string of the molecule is O=C(c1cncc(Br)c1)N1CC[C@@H](Nc2c(C(=O)N3CCCCC3)cc(Br)cc2[N+](=O)[O-])C1. The molecule has 2 fully saturated rings. The number of hydrogen-bond acceptors (Lipinski definition) is 6. The molecule has 0 saturated carbocycles. The van der Waals surface area contributed by atoms with Crippen LogP contribution in [0.1, 0.15) is 46.4 Å². The van der Waals surface area contributed by atoms with E-state index in [0.29, 0.717) is 47.1 Å². The van der Waals surface area contributed by atoms with Crippen LogP contribution in [0.3, 0.4) is 0 Å². The van der Waals surface area contributed by atoms with Crippen LogP contribution in [0, 0.1) is 10.1 Å². The Balaban J connectivity index is 1.57. The Morgan fingerprint density at radius 3 is 2.45 bits per heavy atom. The molecule has 2 saturated heterocycles. The van der Waals surface area contributed by atoms with Crippen molar-refractivity contribution in [1.82, 2.24) is 14.8 Å². The van der Waals surface area contributed by atoms with E-state index in [-0.39, 0.29) is 34.8 Å². The van der Waals surface area contributed by atoms with Crippen LogP contribution < -0.4 is 5.32 Å². The fourth-order valence-corrected chi connectivity index (χ4v) is 5.11. The molecule has 11 heteroatoms. The van der Waals surface area contributed by atoms with E-state index in [9.17, 15) is 19.7 Å². The second-order valence-corrected chi connectivity index (χ2v) is 10.1. The molecule has 1 atom stereocenters. The highest BCUT2D eigenvalue weighted by atomic mass is 79.9. The summed E-state index contributed by atoms with van der Waals surface area (Å²) >= 11 is 6.64. The molecular formula is C22H23Br2N5O4. The van der Waals surface area contributed by atoms with Crippen molar-refractivity contribution in [3.05, 3.63) is 60.8 Å². The molecule has 2 aliphatic heterocycles. The average molecular weight is 581 g/mol. The van der Waals surface area contributed by atoms with Gasteiger partial charge < -0.3 is 15.1 Å². The summed E-state index contributed by atoms with van der Waals surface area (Å²) in [6, 6.07) is 4.53. The number of carbonyl (C=O) groups excluding carboxylic acids is 2. The van der Waals surface area contributed by atoms with Crippen LogP contribution in [0.5, 0.6) is 0 Å². The number of halogens is 2. The van der Waals surface area contributed by atoms with Gasteiger partial charge in [0.05, 0.1) is 16.1 Å². The third-order valence-corrected chi connectivity index (χ3v) is 6.82. The molecule has 0 spiro atoms. The second kappa shape index (κ2) is 10.2. The second-order valence-electron chi connectivity index (χ2n) is 8.23. The molecular weight excluding hydrogens is 558 g/mol.